The molecule has 3 heterocycles. The molecule has 0 aromatic carbocycles. The largest absolute Gasteiger partial charge is 0.481 e. The second kappa shape index (κ2) is 8.06. The molecule has 3 rings (SSSR count). The molecule has 0 radical (unpaired) electrons. The average molecular weight is 399 g/mol. The van der Waals surface area contributed by atoms with Gasteiger partial charge in [-0.3, -0.25) is 9.59 Å². The highest BCUT2D eigenvalue weighted by Crippen LogP contribution is 2.31. The molecular weight excluding hydrogens is 374 g/mol. The molecule has 29 heavy (non-hydrogen) atoms. The highest BCUT2D eigenvalue weighted by atomic mass is 16.5. The molecule has 8 nitrogen and oxygen atoms in total. The summed E-state index contributed by atoms with van der Waals surface area (Å²) in [6.07, 6.45) is -0.123. The number of aromatic nitrogens is 2. The normalized spacial score (nSPS) is 11.4. The third kappa shape index (κ3) is 4.31. The monoisotopic (exact) mass is 399 g/mol. The standard InChI is InChI=1S/C21H25N3O5/c1-11(2)10-24(7-6-18(25)26)21(27)16-9-17(15-8-12(3)28-14(15)5)22-20-19(16)13(4)23-29-20/h8-9,11H,6-7,10H2,1-5H3,(H,25,26). The van der Waals surface area contributed by atoms with Gasteiger partial charge in [0.2, 0.25) is 0 Å². The number of furan rings is 1. The molecule has 0 atom stereocenters. The fourth-order valence-electron chi connectivity index (χ4n) is 3.40. The third-order valence-corrected chi connectivity index (χ3v) is 4.63. The maximum absolute atomic E-state index is 13.4. The molecule has 1 N–H and O–H groups in total. The predicted octanol–water partition coefficient (Wildman–Crippen LogP) is 3.98. The smallest absolute Gasteiger partial charge is 0.305 e. The fourth-order valence-corrected chi connectivity index (χ4v) is 3.40. The first-order valence-electron chi connectivity index (χ1n) is 9.52. The van der Waals surface area contributed by atoms with Crippen LogP contribution in [0.1, 0.15) is 47.8 Å². The number of carboxylic acid groups (broad SMARTS) is 1. The molecule has 154 valence electrons. The van der Waals surface area contributed by atoms with Gasteiger partial charge in [0.1, 0.15) is 11.5 Å². The second-order valence-electron chi connectivity index (χ2n) is 7.62. The van der Waals surface area contributed by atoms with Crippen molar-refractivity contribution in [3.63, 3.8) is 0 Å². The number of carbonyl (C=O) groups is 2. The molecular formula is C21H25N3O5. The average Bonchev–Trinajstić information content (AvgIpc) is 3.18. The summed E-state index contributed by atoms with van der Waals surface area (Å²) < 4.78 is 11.0. The van der Waals surface area contributed by atoms with Crippen LogP contribution in [0.25, 0.3) is 22.4 Å². The van der Waals surface area contributed by atoms with Gasteiger partial charge in [0.25, 0.3) is 11.6 Å². The minimum absolute atomic E-state index is 0.123. The first-order chi connectivity index (χ1) is 13.7. The molecule has 0 saturated carbocycles. The lowest BCUT2D eigenvalue weighted by atomic mass is 10.0. The number of hydrogen-bond donors (Lipinski definition) is 1. The van der Waals surface area contributed by atoms with Gasteiger partial charge in [0.15, 0.2) is 0 Å². The van der Waals surface area contributed by atoms with Crippen molar-refractivity contribution in [1.82, 2.24) is 15.0 Å². The van der Waals surface area contributed by atoms with Crippen LogP contribution < -0.4 is 0 Å². The Morgan fingerprint density at radius 1 is 1.21 bits per heavy atom. The molecule has 0 aliphatic carbocycles. The number of aliphatic carboxylic acids is 1. The van der Waals surface area contributed by atoms with Crippen molar-refractivity contribution < 1.29 is 23.6 Å². The van der Waals surface area contributed by atoms with Crippen LogP contribution in [0.5, 0.6) is 0 Å². The van der Waals surface area contributed by atoms with Gasteiger partial charge in [-0.1, -0.05) is 19.0 Å². The van der Waals surface area contributed by atoms with Crippen LogP contribution in [0.15, 0.2) is 21.1 Å². The lowest BCUT2D eigenvalue weighted by Gasteiger charge is -2.24. The first-order valence-corrected chi connectivity index (χ1v) is 9.52. The van der Waals surface area contributed by atoms with Gasteiger partial charge in [-0.05, 0) is 38.8 Å². The zero-order chi connectivity index (χ0) is 21.3. The Balaban J connectivity index is 2.12. The quantitative estimate of drug-likeness (QED) is 0.640. The zero-order valence-corrected chi connectivity index (χ0v) is 17.3. The van der Waals surface area contributed by atoms with E-state index in [1.807, 2.05) is 33.8 Å². The van der Waals surface area contributed by atoms with Crippen molar-refractivity contribution in [2.24, 2.45) is 5.92 Å². The van der Waals surface area contributed by atoms with E-state index in [2.05, 4.69) is 10.1 Å². The number of pyridine rings is 1. The summed E-state index contributed by atoms with van der Waals surface area (Å²) in [5.74, 6) is 0.403. The summed E-state index contributed by atoms with van der Waals surface area (Å²) in [5, 5.41) is 13.6. The molecule has 0 fully saturated rings. The van der Waals surface area contributed by atoms with Crippen LogP contribution in [0.4, 0.5) is 0 Å². The number of fused-ring (bicyclic) bond motifs is 1. The van der Waals surface area contributed by atoms with Gasteiger partial charge in [0.05, 0.1) is 28.8 Å². The van der Waals surface area contributed by atoms with E-state index in [9.17, 15) is 9.59 Å². The van der Waals surface area contributed by atoms with E-state index in [0.717, 1.165) is 11.3 Å². The lowest BCUT2D eigenvalue weighted by Crippen LogP contribution is -2.36. The van der Waals surface area contributed by atoms with Crippen molar-refractivity contribution in [3.05, 3.63) is 34.9 Å². The molecule has 0 bridgehead atoms. The summed E-state index contributed by atoms with van der Waals surface area (Å²) in [6.45, 7) is 9.96. The van der Waals surface area contributed by atoms with Crippen LogP contribution in [-0.4, -0.2) is 45.1 Å². The number of nitrogens with zero attached hydrogens (tertiary/aromatic N) is 3. The molecule has 0 unspecified atom stereocenters. The number of aryl methyl sites for hydroxylation is 3. The molecule has 0 aliphatic rings. The Hall–Kier alpha value is -3.16. The van der Waals surface area contributed by atoms with Crippen molar-refractivity contribution in [1.29, 1.82) is 0 Å². The van der Waals surface area contributed by atoms with Crippen molar-refractivity contribution in [3.8, 4) is 11.3 Å². The summed E-state index contributed by atoms with van der Waals surface area (Å²) in [4.78, 5) is 30.6. The van der Waals surface area contributed by atoms with Crippen LogP contribution in [0.2, 0.25) is 0 Å². The number of hydrogen-bond acceptors (Lipinski definition) is 6. The van der Waals surface area contributed by atoms with Crippen LogP contribution in [0, 0.1) is 26.7 Å². The Kier molecular flexibility index (Phi) is 5.72. The zero-order valence-electron chi connectivity index (χ0n) is 17.3. The fraction of sp³-hybridized carbons (Fsp3) is 0.429. The number of carboxylic acids is 1. The van der Waals surface area contributed by atoms with Gasteiger partial charge >= 0.3 is 5.97 Å². The molecule has 0 saturated heterocycles. The van der Waals surface area contributed by atoms with Crippen molar-refractivity contribution in [2.75, 3.05) is 13.1 Å². The predicted molar refractivity (Wildman–Crippen MR) is 107 cm³/mol. The number of rotatable bonds is 7. The highest BCUT2D eigenvalue weighted by molar-refractivity contribution is 6.07. The van der Waals surface area contributed by atoms with Crippen LogP contribution in [-0.2, 0) is 4.79 Å². The van der Waals surface area contributed by atoms with Crippen molar-refractivity contribution in [2.45, 2.75) is 41.0 Å². The molecule has 3 aromatic heterocycles. The number of amides is 1. The Morgan fingerprint density at radius 3 is 2.52 bits per heavy atom. The summed E-state index contributed by atoms with van der Waals surface area (Å²) in [7, 11) is 0. The third-order valence-electron chi connectivity index (χ3n) is 4.63. The van der Waals surface area contributed by atoms with E-state index in [1.54, 1.807) is 17.9 Å². The Labute approximate surface area is 168 Å². The topological polar surface area (TPSA) is 110 Å². The van der Waals surface area contributed by atoms with E-state index >= 15 is 0 Å². The van der Waals surface area contributed by atoms with E-state index in [1.165, 1.54) is 0 Å². The lowest BCUT2D eigenvalue weighted by molar-refractivity contribution is -0.137. The maximum atomic E-state index is 13.4. The molecule has 0 aliphatic heterocycles. The minimum atomic E-state index is -0.947. The second-order valence-corrected chi connectivity index (χ2v) is 7.62. The van der Waals surface area contributed by atoms with E-state index in [4.69, 9.17) is 14.0 Å². The van der Waals surface area contributed by atoms with Gasteiger partial charge in [-0.15, -0.1) is 0 Å². The van der Waals surface area contributed by atoms with E-state index in [-0.39, 0.29) is 30.5 Å². The molecule has 3 aromatic rings. The van der Waals surface area contributed by atoms with Crippen molar-refractivity contribution >= 4 is 23.0 Å². The SMILES string of the molecule is Cc1cc(-c2cc(C(=O)N(CCC(=O)O)CC(C)C)c3c(C)noc3n2)c(C)o1. The highest BCUT2D eigenvalue weighted by Gasteiger charge is 2.25. The molecule has 8 heteroatoms. The molecule has 0 spiro atoms. The molecule has 1 amide bonds. The number of carbonyl (C=O) groups excluding carboxylic acids is 1. The van der Waals surface area contributed by atoms with E-state index in [0.29, 0.717) is 34.6 Å². The Morgan fingerprint density at radius 2 is 1.93 bits per heavy atom. The van der Waals surface area contributed by atoms with E-state index < -0.39 is 5.97 Å². The summed E-state index contributed by atoms with van der Waals surface area (Å²) in [6, 6.07) is 3.57. The van der Waals surface area contributed by atoms with Gasteiger partial charge in [-0.2, -0.15) is 0 Å². The van der Waals surface area contributed by atoms with Gasteiger partial charge in [-0.25, -0.2) is 4.98 Å². The minimum Gasteiger partial charge on any atom is -0.481 e. The van der Waals surface area contributed by atoms with Crippen LogP contribution in [0.3, 0.4) is 0 Å². The maximum Gasteiger partial charge on any atom is 0.305 e. The summed E-state index contributed by atoms with van der Waals surface area (Å²) >= 11 is 0. The summed E-state index contributed by atoms with van der Waals surface area (Å²) in [5.41, 5.74) is 2.55. The Bertz CT molecular complexity index is 1060. The first kappa shape index (κ1) is 20.6. The van der Waals surface area contributed by atoms with Gasteiger partial charge in [0, 0.05) is 18.7 Å². The van der Waals surface area contributed by atoms with Gasteiger partial charge < -0.3 is 18.9 Å². The van der Waals surface area contributed by atoms with Crippen LogP contribution >= 0.6 is 0 Å².